The number of carbonyl (C=O) groups excluding carboxylic acids is 1. The Morgan fingerprint density at radius 3 is 2.83 bits per heavy atom. The van der Waals surface area contributed by atoms with Crippen LogP contribution in [0.4, 0.5) is 5.69 Å². The van der Waals surface area contributed by atoms with E-state index in [1.807, 2.05) is 35.9 Å². The van der Waals surface area contributed by atoms with Gasteiger partial charge in [0.15, 0.2) is 11.6 Å². The molecule has 148 valence electrons. The molecule has 0 saturated carbocycles. The second-order valence-electron chi connectivity index (χ2n) is 6.78. The van der Waals surface area contributed by atoms with Crippen LogP contribution in [0, 0.1) is 6.92 Å². The van der Waals surface area contributed by atoms with Gasteiger partial charge in [-0.2, -0.15) is 0 Å². The van der Waals surface area contributed by atoms with Crippen molar-refractivity contribution in [3.05, 3.63) is 66.3 Å². The molecule has 1 N–H and O–H groups in total. The lowest BCUT2D eigenvalue weighted by Crippen LogP contribution is -2.13. The molecule has 0 aliphatic carbocycles. The summed E-state index contributed by atoms with van der Waals surface area (Å²) >= 11 is 0. The van der Waals surface area contributed by atoms with Crippen LogP contribution in [0.15, 0.2) is 64.0 Å². The summed E-state index contributed by atoms with van der Waals surface area (Å²) in [5.74, 6) is 0.924. The number of aryl methyl sites for hydroxylation is 2. The minimum Gasteiger partial charge on any atom is -0.463 e. The number of furan rings is 1. The number of anilines is 1. The molecule has 1 aromatic carbocycles. The SMILES string of the molecule is Cc1noc2nc(-c3ccco3)cc(C(=O)Nc3cccc(-c4nncn4C)c3)c12. The predicted molar refractivity (Wildman–Crippen MR) is 109 cm³/mol. The minimum absolute atomic E-state index is 0.277. The van der Waals surface area contributed by atoms with Gasteiger partial charge in [0, 0.05) is 18.3 Å². The monoisotopic (exact) mass is 400 g/mol. The van der Waals surface area contributed by atoms with Crippen LogP contribution in [0.3, 0.4) is 0 Å². The zero-order chi connectivity index (χ0) is 20.7. The molecule has 0 fully saturated rings. The van der Waals surface area contributed by atoms with Crippen molar-refractivity contribution in [2.24, 2.45) is 7.05 Å². The number of rotatable bonds is 4. The van der Waals surface area contributed by atoms with Crippen molar-refractivity contribution < 1.29 is 13.7 Å². The van der Waals surface area contributed by atoms with E-state index in [2.05, 4.69) is 25.7 Å². The molecule has 0 aliphatic rings. The van der Waals surface area contributed by atoms with Crippen molar-refractivity contribution in [3.8, 4) is 22.8 Å². The number of pyridine rings is 1. The van der Waals surface area contributed by atoms with E-state index >= 15 is 0 Å². The molecule has 0 aliphatic heterocycles. The van der Waals surface area contributed by atoms with Crippen LogP contribution in [-0.4, -0.2) is 30.8 Å². The van der Waals surface area contributed by atoms with Crippen molar-refractivity contribution in [3.63, 3.8) is 0 Å². The summed E-state index contributed by atoms with van der Waals surface area (Å²) in [5, 5.41) is 15.5. The first-order valence-corrected chi connectivity index (χ1v) is 9.17. The molecule has 5 aromatic rings. The van der Waals surface area contributed by atoms with Crippen molar-refractivity contribution in [2.75, 3.05) is 5.32 Å². The van der Waals surface area contributed by atoms with Gasteiger partial charge in [0.2, 0.25) is 0 Å². The molecular formula is C21H16N6O3. The van der Waals surface area contributed by atoms with E-state index in [-0.39, 0.29) is 11.6 Å². The summed E-state index contributed by atoms with van der Waals surface area (Å²) in [6, 6.07) is 12.6. The quantitative estimate of drug-likeness (QED) is 0.488. The Morgan fingerprint density at radius 2 is 2.07 bits per heavy atom. The Hall–Kier alpha value is -4.27. The molecule has 9 heteroatoms. The molecule has 0 atom stereocenters. The van der Waals surface area contributed by atoms with E-state index in [4.69, 9.17) is 8.94 Å². The molecule has 4 aromatic heterocycles. The summed E-state index contributed by atoms with van der Waals surface area (Å²) in [7, 11) is 1.86. The Labute approximate surface area is 170 Å². The Balaban J connectivity index is 1.54. The maximum atomic E-state index is 13.2. The Morgan fingerprint density at radius 1 is 1.17 bits per heavy atom. The highest BCUT2D eigenvalue weighted by atomic mass is 16.5. The number of fused-ring (bicyclic) bond motifs is 1. The first-order chi connectivity index (χ1) is 14.6. The molecule has 0 radical (unpaired) electrons. The van der Waals surface area contributed by atoms with E-state index in [0.717, 1.165) is 5.56 Å². The fourth-order valence-corrected chi connectivity index (χ4v) is 3.30. The third-order valence-electron chi connectivity index (χ3n) is 4.73. The van der Waals surface area contributed by atoms with Gasteiger partial charge in [0.25, 0.3) is 11.6 Å². The van der Waals surface area contributed by atoms with Crippen LogP contribution in [-0.2, 0) is 7.05 Å². The normalized spacial score (nSPS) is 11.1. The Kier molecular flexibility index (Phi) is 4.13. The number of carbonyl (C=O) groups is 1. The lowest BCUT2D eigenvalue weighted by molar-refractivity contribution is 0.102. The average Bonchev–Trinajstić information content (AvgIpc) is 3.49. The van der Waals surface area contributed by atoms with E-state index in [1.165, 1.54) is 0 Å². The lowest BCUT2D eigenvalue weighted by Gasteiger charge is -2.09. The number of aromatic nitrogens is 5. The fourth-order valence-electron chi connectivity index (χ4n) is 3.30. The summed E-state index contributed by atoms with van der Waals surface area (Å²) in [6.45, 7) is 1.77. The van der Waals surface area contributed by atoms with E-state index < -0.39 is 0 Å². The summed E-state index contributed by atoms with van der Waals surface area (Å²) in [4.78, 5) is 17.6. The number of amides is 1. The second kappa shape index (κ2) is 6.96. The molecule has 0 saturated heterocycles. The molecule has 4 heterocycles. The van der Waals surface area contributed by atoms with Gasteiger partial charge in [-0.05, 0) is 37.3 Å². The highest BCUT2D eigenvalue weighted by molar-refractivity contribution is 6.13. The van der Waals surface area contributed by atoms with Crippen molar-refractivity contribution >= 4 is 22.7 Å². The maximum Gasteiger partial charge on any atom is 0.259 e. The van der Waals surface area contributed by atoms with Crippen molar-refractivity contribution in [1.82, 2.24) is 24.9 Å². The fraction of sp³-hybridized carbons (Fsp3) is 0.0952. The standard InChI is InChI=1S/C21H16N6O3/c1-12-18-15(10-16(17-7-4-8-29-17)24-21(18)30-26-12)20(28)23-14-6-3-5-13(9-14)19-25-22-11-27(19)2/h3-11H,1-2H3,(H,23,28). The van der Waals surface area contributed by atoms with Gasteiger partial charge in [-0.3, -0.25) is 4.79 Å². The summed E-state index contributed by atoms with van der Waals surface area (Å²) < 4.78 is 12.5. The number of hydrogen-bond acceptors (Lipinski definition) is 7. The largest absolute Gasteiger partial charge is 0.463 e. The molecule has 0 spiro atoms. The zero-order valence-corrected chi connectivity index (χ0v) is 16.2. The van der Waals surface area contributed by atoms with Gasteiger partial charge in [-0.1, -0.05) is 17.3 Å². The molecule has 1 amide bonds. The highest BCUT2D eigenvalue weighted by Gasteiger charge is 2.20. The second-order valence-corrected chi connectivity index (χ2v) is 6.78. The first kappa shape index (κ1) is 17.8. The van der Waals surface area contributed by atoms with E-state index in [0.29, 0.717) is 39.6 Å². The number of nitrogens with one attached hydrogen (secondary N) is 1. The smallest absolute Gasteiger partial charge is 0.259 e. The van der Waals surface area contributed by atoms with Gasteiger partial charge in [0.1, 0.15) is 12.0 Å². The maximum absolute atomic E-state index is 13.2. The molecule has 9 nitrogen and oxygen atoms in total. The topological polar surface area (TPSA) is 112 Å². The number of nitrogens with zero attached hydrogens (tertiary/aromatic N) is 5. The lowest BCUT2D eigenvalue weighted by atomic mass is 10.1. The minimum atomic E-state index is -0.309. The average molecular weight is 400 g/mol. The van der Waals surface area contributed by atoms with Gasteiger partial charge in [-0.25, -0.2) is 4.98 Å². The van der Waals surface area contributed by atoms with E-state index in [9.17, 15) is 4.79 Å². The van der Waals surface area contributed by atoms with E-state index in [1.54, 1.807) is 37.7 Å². The third-order valence-corrected chi connectivity index (χ3v) is 4.73. The molecular weight excluding hydrogens is 384 g/mol. The van der Waals surface area contributed by atoms with Crippen LogP contribution in [0.5, 0.6) is 0 Å². The zero-order valence-electron chi connectivity index (χ0n) is 16.2. The summed E-state index contributed by atoms with van der Waals surface area (Å²) in [5.41, 5.74) is 3.21. The molecule has 0 bridgehead atoms. The van der Waals surface area contributed by atoms with Gasteiger partial charge in [0.05, 0.1) is 22.9 Å². The first-order valence-electron chi connectivity index (χ1n) is 9.17. The van der Waals surface area contributed by atoms with Crippen LogP contribution >= 0.6 is 0 Å². The predicted octanol–water partition coefficient (Wildman–Crippen LogP) is 3.84. The number of benzene rings is 1. The third kappa shape index (κ3) is 3.02. The van der Waals surface area contributed by atoms with Gasteiger partial charge >= 0.3 is 0 Å². The van der Waals surface area contributed by atoms with Crippen molar-refractivity contribution in [1.29, 1.82) is 0 Å². The number of hydrogen-bond donors (Lipinski definition) is 1. The Bertz CT molecular complexity index is 1370. The van der Waals surface area contributed by atoms with Crippen molar-refractivity contribution in [2.45, 2.75) is 6.92 Å². The molecule has 5 rings (SSSR count). The highest BCUT2D eigenvalue weighted by Crippen LogP contribution is 2.28. The molecule has 0 unspecified atom stereocenters. The summed E-state index contributed by atoms with van der Waals surface area (Å²) in [6.07, 6.45) is 3.17. The van der Waals surface area contributed by atoms with Crippen LogP contribution in [0.1, 0.15) is 16.1 Å². The van der Waals surface area contributed by atoms with Crippen LogP contribution in [0.25, 0.3) is 33.9 Å². The molecule has 30 heavy (non-hydrogen) atoms. The van der Waals surface area contributed by atoms with Gasteiger partial charge in [-0.15, -0.1) is 10.2 Å². The van der Waals surface area contributed by atoms with Gasteiger partial charge < -0.3 is 18.8 Å². The van der Waals surface area contributed by atoms with Crippen LogP contribution in [0.2, 0.25) is 0 Å². The van der Waals surface area contributed by atoms with Crippen LogP contribution < -0.4 is 5.32 Å².